The minimum atomic E-state index is 0.00827. The third kappa shape index (κ3) is 3.67. The smallest absolute Gasteiger partial charge is 0.224 e. The second-order valence-electron chi connectivity index (χ2n) is 6.70. The number of piperidine rings is 1. The van der Waals surface area contributed by atoms with Gasteiger partial charge in [-0.25, -0.2) is 4.68 Å². The molecule has 3 rings (SSSR count). The molecule has 2 unspecified atom stereocenters. The summed E-state index contributed by atoms with van der Waals surface area (Å²) in [4.78, 5) is 12.4. The van der Waals surface area contributed by atoms with Gasteiger partial charge in [0.05, 0.1) is 23.3 Å². The first-order chi connectivity index (χ1) is 11.5. The first-order valence-corrected chi connectivity index (χ1v) is 8.69. The largest absolute Gasteiger partial charge is 0.349 e. The van der Waals surface area contributed by atoms with Crippen LogP contribution in [0.4, 0.5) is 0 Å². The maximum Gasteiger partial charge on any atom is 0.224 e. The van der Waals surface area contributed by atoms with Gasteiger partial charge in [-0.2, -0.15) is 5.10 Å². The zero-order valence-corrected chi connectivity index (χ0v) is 14.7. The molecule has 1 saturated heterocycles. The van der Waals surface area contributed by atoms with Crippen LogP contribution in [0.2, 0.25) is 0 Å². The normalized spacial score (nSPS) is 19.0. The molecule has 128 valence electrons. The maximum absolute atomic E-state index is 12.4. The Balaban J connectivity index is 1.66. The van der Waals surface area contributed by atoms with Crippen molar-refractivity contribution in [1.82, 2.24) is 20.4 Å². The number of nitrogens with zero attached hydrogens (tertiary/aromatic N) is 2. The molecule has 2 aromatic rings. The van der Waals surface area contributed by atoms with Crippen molar-refractivity contribution in [2.75, 3.05) is 13.1 Å². The molecule has 0 bridgehead atoms. The van der Waals surface area contributed by atoms with Crippen LogP contribution < -0.4 is 10.6 Å². The van der Waals surface area contributed by atoms with E-state index in [9.17, 15) is 4.79 Å². The summed E-state index contributed by atoms with van der Waals surface area (Å²) < 4.78 is 1.94. The third-order valence-corrected chi connectivity index (χ3v) is 4.67. The average molecular weight is 326 g/mol. The SMILES string of the molecule is Cc1cc(C)n(-c2ccc(C(C)NC(=O)C3CCCNC3)cc2)n1. The van der Waals surface area contributed by atoms with Crippen molar-refractivity contribution in [2.24, 2.45) is 5.92 Å². The molecule has 5 heteroatoms. The molecule has 1 amide bonds. The zero-order chi connectivity index (χ0) is 17.1. The molecule has 1 aliphatic rings. The monoisotopic (exact) mass is 326 g/mol. The first-order valence-electron chi connectivity index (χ1n) is 8.69. The van der Waals surface area contributed by atoms with E-state index in [1.807, 2.05) is 18.5 Å². The van der Waals surface area contributed by atoms with Crippen molar-refractivity contribution in [2.45, 2.75) is 39.7 Å². The molecular weight excluding hydrogens is 300 g/mol. The summed E-state index contributed by atoms with van der Waals surface area (Å²) in [5, 5.41) is 10.9. The summed E-state index contributed by atoms with van der Waals surface area (Å²) in [6, 6.07) is 10.3. The molecular formula is C19H26N4O. The fourth-order valence-electron chi connectivity index (χ4n) is 3.28. The van der Waals surface area contributed by atoms with Gasteiger partial charge in [-0.15, -0.1) is 0 Å². The highest BCUT2D eigenvalue weighted by atomic mass is 16.2. The maximum atomic E-state index is 12.4. The van der Waals surface area contributed by atoms with Crippen molar-refractivity contribution < 1.29 is 4.79 Å². The molecule has 0 radical (unpaired) electrons. The molecule has 1 aliphatic heterocycles. The number of benzene rings is 1. The van der Waals surface area contributed by atoms with E-state index >= 15 is 0 Å². The minimum absolute atomic E-state index is 0.00827. The van der Waals surface area contributed by atoms with Crippen LogP contribution in [-0.2, 0) is 4.79 Å². The summed E-state index contributed by atoms with van der Waals surface area (Å²) in [5.74, 6) is 0.243. The van der Waals surface area contributed by atoms with E-state index in [1.54, 1.807) is 0 Å². The Morgan fingerprint density at radius 2 is 2.08 bits per heavy atom. The van der Waals surface area contributed by atoms with Crippen molar-refractivity contribution in [3.05, 3.63) is 47.3 Å². The molecule has 2 atom stereocenters. The lowest BCUT2D eigenvalue weighted by atomic mass is 9.98. The Kier molecular flexibility index (Phi) is 5.00. The van der Waals surface area contributed by atoms with Gasteiger partial charge >= 0.3 is 0 Å². The molecule has 1 fully saturated rings. The number of hydrogen-bond donors (Lipinski definition) is 2. The van der Waals surface area contributed by atoms with Crippen LogP contribution in [0.15, 0.2) is 30.3 Å². The van der Waals surface area contributed by atoms with E-state index in [0.29, 0.717) is 0 Å². The van der Waals surface area contributed by atoms with E-state index in [0.717, 1.165) is 48.6 Å². The van der Waals surface area contributed by atoms with Gasteiger partial charge in [-0.1, -0.05) is 12.1 Å². The average Bonchev–Trinajstić information content (AvgIpc) is 2.94. The highest BCUT2D eigenvalue weighted by Crippen LogP contribution is 2.18. The lowest BCUT2D eigenvalue weighted by Gasteiger charge is -2.24. The fraction of sp³-hybridized carbons (Fsp3) is 0.474. The van der Waals surface area contributed by atoms with Gasteiger partial charge < -0.3 is 10.6 Å². The molecule has 1 aromatic carbocycles. The van der Waals surface area contributed by atoms with E-state index in [4.69, 9.17) is 0 Å². The zero-order valence-electron chi connectivity index (χ0n) is 14.7. The summed E-state index contributed by atoms with van der Waals surface area (Å²) in [5.41, 5.74) is 4.28. The minimum Gasteiger partial charge on any atom is -0.349 e. The number of nitrogens with one attached hydrogen (secondary N) is 2. The first kappa shape index (κ1) is 16.7. The molecule has 1 aromatic heterocycles. The van der Waals surface area contributed by atoms with Crippen LogP contribution in [-0.4, -0.2) is 28.8 Å². The Morgan fingerprint density at radius 1 is 1.33 bits per heavy atom. The van der Waals surface area contributed by atoms with Crippen molar-refractivity contribution in [3.8, 4) is 5.69 Å². The van der Waals surface area contributed by atoms with Gasteiger partial charge in [0.25, 0.3) is 0 Å². The van der Waals surface area contributed by atoms with Gasteiger partial charge in [-0.05, 0) is 63.9 Å². The van der Waals surface area contributed by atoms with Crippen LogP contribution in [0.3, 0.4) is 0 Å². The molecule has 24 heavy (non-hydrogen) atoms. The second kappa shape index (κ2) is 7.18. The molecule has 2 heterocycles. The van der Waals surface area contributed by atoms with Crippen LogP contribution in [0.1, 0.15) is 42.8 Å². The lowest BCUT2D eigenvalue weighted by Crippen LogP contribution is -2.41. The Labute approximate surface area is 143 Å². The van der Waals surface area contributed by atoms with Crippen LogP contribution in [0.25, 0.3) is 5.69 Å². The summed E-state index contributed by atoms with van der Waals surface area (Å²) >= 11 is 0. The number of carbonyl (C=O) groups is 1. The molecule has 0 saturated carbocycles. The van der Waals surface area contributed by atoms with E-state index in [2.05, 4.69) is 53.0 Å². The number of aryl methyl sites for hydroxylation is 2. The highest BCUT2D eigenvalue weighted by Gasteiger charge is 2.22. The second-order valence-corrected chi connectivity index (χ2v) is 6.70. The van der Waals surface area contributed by atoms with Crippen LogP contribution in [0, 0.1) is 19.8 Å². The van der Waals surface area contributed by atoms with Gasteiger partial charge in [-0.3, -0.25) is 4.79 Å². The molecule has 0 aliphatic carbocycles. The predicted octanol–water partition coefficient (Wildman–Crippen LogP) is 2.67. The molecule has 5 nitrogen and oxygen atoms in total. The number of rotatable bonds is 4. The third-order valence-electron chi connectivity index (χ3n) is 4.67. The van der Waals surface area contributed by atoms with Crippen molar-refractivity contribution >= 4 is 5.91 Å². The molecule has 0 spiro atoms. The van der Waals surface area contributed by atoms with E-state index in [1.165, 1.54) is 0 Å². The van der Waals surface area contributed by atoms with Crippen molar-refractivity contribution in [1.29, 1.82) is 0 Å². The number of hydrogen-bond acceptors (Lipinski definition) is 3. The van der Waals surface area contributed by atoms with Crippen LogP contribution >= 0.6 is 0 Å². The lowest BCUT2D eigenvalue weighted by molar-refractivity contribution is -0.126. The summed E-state index contributed by atoms with van der Waals surface area (Å²) in [6.07, 6.45) is 2.05. The van der Waals surface area contributed by atoms with E-state index in [-0.39, 0.29) is 17.9 Å². The molecule has 2 N–H and O–H groups in total. The highest BCUT2D eigenvalue weighted by molar-refractivity contribution is 5.79. The van der Waals surface area contributed by atoms with E-state index < -0.39 is 0 Å². The predicted molar refractivity (Wildman–Crippen MR) is 95.2 cm³/mol. The Bertz CT molecular complexity index is 699. The summed E-state index contributed by atoms with van der Waals surface area (Å²) in [6.45, 7) is 7.89. The topological polar surface area (TPSA) is 59.0 Å². The van der Waals surface area contributed by atoms with Gasteiger partial charge in [0, 0.05) is 12.2 Å². The van der Waals surface area contributed by atoms with Gasteiger partial charge in [0.2, 0.25) is 5.91 Å². The quantitative estimate of drug-likeness (QED) is 0.908. The fourth-order valence-corrected chi connectivity index (χ4v) is 3.28. The standard InChI is InChI=1S/C19H26N4O/c1-13-11-14(2)23(22-13)18-8-6-16(7-9-18)15(3)21-19(24)17-5-4-10-20-12-17/h6-9,11,15,17,20H,4-5,10,12H2,1-3H3,(H,21,24). The number of aromatic nitrogens is 2. The summed E-state index contributed by atoms with van der Waals surface area (Å²) in [7, 11) is 0. The van der Waals surface area contributed by atoms with Crippen molar-refractivity contribution in [3.63, 3.8) is 0 Å². The Hall–Kier alpha value is -2.14. The van der Waals surface area contributed by atoms with Crippen LogP contribution in [0.5, 0.6) is 0 Å². The van der Waals surface area contributed by atoms with Gasteiger partial charge in [0.15, 0.2) is 0 Å². The number of carbonyl (C=O) groups excluding carboxylic acids is 1. The Morgan fingerprint density at radius 3 is 2.67 bits per heavy atom. The van der Waals surface area contributed by atoms with Gasteiger partial charge in [0.1, 0.15) is 0 Å². The number of amides is 1.